The quantitative estimate of drug-likeness (QED) is 0.474. The first-order valence-corrected chi connectivity index (χ1v) is 12.6. The molecule has 1 unspecified atom stereocenters. The first-order chi connectivity index (χ1) is 14.7. The van der Waals surface area contributed by atoms with E-state index in [1.54, 1.807) is 43.3 Å². The van der Waals surface area contributed by atoms with Crippen molar-refractivity contribution >= 4 is 39.2 Å². The molecule has 31 heavy (non-hydrogen) atoms. The Morgan fingerprint density at radius 1 is 1.03 bits per heavy atom. The molecule has 9 heteroatoms. The van der Waals surface area contributed by atoms with Gasteiger partial charge in [-0.25, -0.2) is 13.4 Å². The maximum atomic E-state index is 12.8. The molecule has 1 N–H and O–H groups in total. The van der Waals surface area contributed by atoms with Gasteiger partial charge in [0.25, 0.3) is 0 Å². The second-order valence-corrected chi connectivity index (χ2v) is 11.1. The molecule has 1 aromatic heterocycles. The van der Waals surface area contributed by atoms with Crippen molar-refractivity contribution < 1.29 is 18.0 Å². The zero-order valence-corrected chi connectivity index (χ0v) is 19.5. The Bertz CT molecular complexity index is 1030. The van der Waals surface area contributed by atoms with Crippen molar-refractivity contribution in [3.8, 4) is 0 Å². The number of amides is 1. The molecule has 1 atom stereocenters. The SMILES string of the molecule is CC(C)C(=O)Nc1ccc(C(=O)C(C)Sc2ccc(S(=O)(=O)N3CCCC3)cn2)cc1. The van der Waals surface area contributed by atoms with Gasteiger partial charge in [-0.2, -0.15) is 4.31 Å². The number of carbonyl (C=O) groups is 2. The van der Waals surface area contributed by atoms with Gasteiger partial charge in [0.1, 0.15) is 4.90 Å². The lowest BCUT2D eigenvalue weighted by Crippen LogP contribution is -2.27. The first-order valence-electron chi connectivity index (χ1n) is 10.3. The Hall–Kier alpha value is -2.23. The number of nitrogens with zero attached hydrogens (tertiary/aromatic N) is 2. The summed E-state index contributed by atoms with van der Waals surface area (Å²) >= 11 is 1.28. The molecule has 3 rings (SSSR count). The van der Waals surface area contributed by atoms with Gasteiger partial charge in [0.15, 0.2) is 5.78 Å². The average molecular weight is 462 g/mol. The van der Waals surface area contributed by atoms with E-state index in [0.29, 0.717) is 29.4 Å². The van der Waals surface area contributed by atoms with E-state index in [-0.39, 0.29) is 22.5 Å². The maximum absolute atomic E-state index is 12.8. The van der Waals surface area contributed by atoms with Crippen LogP contribution in [0.4, 0.5) is 5.69 Å². The third-order valence-corrected chi connectivity index (χ3v) is 7.97. The van der Waals surface area contributed by atoms with Crippen LogP contribution in [-0.4, -0.2) is 47.7 Å². The monoisotopic (exact) mass is 461 g/mol. The summed E-state index contributed by atoms with van der Waals surface area (Å²) in [5.74, 6) is -0.270. The summed E-state index contributed by atoms with van der Waals surface area (Å²) in [7, 11) is -3.50. The summed E-state index contributed by atoms with van der Waals surface area (Å²) in [6.45, 7) is 6.51. The Balaban J connectivity index is 1.62. The maximum Gasteiger partial charge on any atom is 0.244 e. The Labute approximate surface area is 187 Å². The molecule has 0 aliphatic carbocycles. The van der Waals surface area contributed by atoms with E-state index in [9.17, 15) is 18.0 Å². The summed E-state index contributed by atoms with van der Waals surface area (Å²) in [4.78, 5) is 29.0. The summed E-state index contributed by atoms with van der Waals surface area (Å²) in [5, 5.41) is 2.98. The van der Waals surface area contributed by atoms with Gasteiger partial charge in [-0.05, 0) is 56.2 Å². The first kappa shape index (κ1) is 23.4. The number of nitrogens with one attached hydrogen (secondary N) is 1. The Morgan fingerprint density at radius 3 is 2.23 bits per heavy atom. The molecule has 2 heterocycles. The van der Waals surface area contributed by atoms with E-state index in [2.05, 4.69) is 10.3 Å². The third-order valence-electron chi connectivity index (χ3n) is 5.04. The predicted octanol–water partition coefficient (Wildman–Crippen LogP) is 3.82. The van der Waals surface area contributed by atoms with Crippen LogP contribution in [0.25, 0.3) is 0 Å². The van der Waals surface area contributed by atoms with Crippen molar-refractivity contribution in [3.63, 3.8) is 0 Å². The molecule has 1 fully saturated rings. The number of thioether (sulfide) groups is 1. The highest BCUT2D eigenvalue weighted by Crippen LogP contribution is 2.27. The van der Waals surface area contributed by atoms with Crippen LogP contribution in [0.15, 0.2) is 52.5 Å². The lowest BCUT2D eigenvalue weighted by Gasteiger charge is -2.15. The van der Waals surface area contributed by atoms with E-state index in [4.69, 9.17) is 0 Å². The van der Waals surface area contributed by atoms with E-state index in [1.165, 1.54) is 22.3 Å². The second-order valence-electron chi connectivity index (χ2n) is 7.79. The van der Waals surface area contributed by atoms with Gasteiger partial charge in [-0.1, -0.05) is 25.6 Å². The number of rotatable bonds is 8. The fraction of sp³-hybridized carbons (Fsp3) is 0.409. The number of anilines is 1. The number of ketones is 1. The predicted molar refractivity (Wildman–Crippen MR) is 122 cm³/mol. The van der Waals surface area contributed by atoms with Gasteiger partial charge in [-0.15, -0.1) is 0 Å². The minimum atomic E-state index is -3.50. The molecule has 1 aliphatic heterocycles. The summed E-state index contributed by atoms with van der Waals surface area (Å²) in [5.41, 5.74) is 1.18. The van der Waals surface area contributed by atoms with Crippen molar-refractivity contribution in [2.45, 2.75) is 48.8 Å². The largest absolute Gasteiger partial charge is 0.326 e. The fourth-order valence-electron chi connectivity index (χ4n) is 3.14. The van der Waals surface area contributed by atoms with Crippen molar-refractivity contribution in [1.29, 1.82) is 0 Å². The Kier molecular flexibility index (Phi) is 7.51. The molecule has 0 saturated carbocycles. The molecule has 2 aromatic rings. The normalized spacial score (nSPS) is 15.7. The van der Waals surface area contributed by atoms with Crippen LogP contribution in [-0.2, 0) is 14.8 Å². The molecule has 0 radical (unpaired) electrons. The minimum absolute atomic E-state index is 0.0673. The van der Waals surface area contributed by atoms with Gasteiger partial charge >= 0.3 is 0 Å². The van der Waals surface area contributed by atoms with Crippen LogP contribution in [0.5, 0.6) is 0 Å². The van der Waals surface area contributed by atoms with Crippen LogP contribution in [0.3, 0.4) is 0 Å². The standard InChI is InChI=1S/C22H27N3O4S2/c1-15(2)22(27)24-18-8-6-17(7-9-18)21(26)16(3)30-20-11-10-19(14-23-20)31(28,29)25-12-4-5-13-25/h6-11,14-16H,4-5,12-13H2,1-3H3,(H,24,27). The van der Waals surface area contributed by atoms with Crippen molar-refractivity contribution in [1.82, 2.24) is 9.29 Å². The summed E-state index contributed by atoms with van der Waals surface area (Å²) < 4.78 is 26.7. The van der Waals surface area contributed by atoms with E-state index < -0.39 is 15.3 Å². The topological polar surface area (TPSA) is 96.4 Å². The lowest BCUT2D eigenvalue weighted by atomic mass is 10.1. The number of hydrogen-bond acceptors (Lipinski definition) is 6. The summed E-state index contributed by atoms with van der Waals surface area (Å²) in [6, 6.07) is 9.99. The molecule has 1 aromatic carbocycles. The number of hydrogen-bond donors (Lipinski definition) is 1. The zero-order valence-electron chi connectivity index (χ0n) is 17.9. The highest BCUT2D eigenvalue weighted by Gasteiger charge is 2.27. The van der Waals surface area contributed by atoms with Crippen LogP contribution >= 0.6 is 11.8 Å². The Morgan fingerprint density at radius 2 is 1.68 bits per heavy atom. The van der Waals surface area contributed by atoms with Crippen LogP contribution in [0.1, 0.15) is 44.0 Å². The molecule has 0 spiro atoms. The van der Waals surface area contributed by atoms with E-state index in [1.807, 2.05) is 13.8 Å². The fourth-order valence-corrected chi connectivity index (χ4v) is 5.47. The van der Waals surface area contributed by atoms with Crippen LogP contribution < -0.4 is 5.32 Å². The molecule has 166 valence electrons. The number of benzene rings is 1. The number of sulfonamides is 1. The van der Waals surface area contributed by atoms with Gasteiger partial charge in [-0.3, -0.25) is 9.59 Å². The number of carbonyl (C=O) groups excluding carboxylic acids is 2. The van der Waals surface area contributed by atoms with Gasteiger partial charge < -0.3 is 5.32 Å². The molecule has 1 saturated heterocycles. The summed E-state index contributed by atoms with van der Waals surface area (Å²) in [6.07, 6.45) is 3.12. The minimum Gasteiger partial charge on any atom is -0.326 e. The molecule has 7 nitrogen and oxygen atoms in total. The average Bonchev–Trinajstić information content (AvgIpc) is 3.30. The number of Topliss-reactive ketones (excluding diaryl/α,β-unsaturated/α-hetero) is 1. The molecule has 1 amide bonds. The smallest absolute Gasteiger partial charge is 0.244 e. The molecule has 0 bridgehead atoms. The number of aromatic nitrogens is 1. The molecular formula is C22H27N3O4S2. The zero-order chi connectivity index (χ0) is 22.6. The van der Waals surface area contributed by atoms with Crippen molar-refractivity contribution in [2.24, 2.45) is 5.92 Å². The van der Waals surface area contributed by atoms with Crippen molar-refractivity contribution in [3.05, 3.63) is 48.2 Å². The van der Waals surface area contributed by atoms with Crippen molar-refractivity contribution in [2.75, 3.05) is 18.4 Å². The van der Waals surface area contributed by atoms with Crippen LogP contribution in [0, 0.1) is 5.92 Å². The number of pyridine rings is 1. The molecular weight excluding hydrogens is 434 g/mol. The second kappa shape index (κ2) is 9.93. The van der Waals surface area contributed by atoms with E-state index >= 15 is 0 Å². The lowest BCUT2D eigenvalue weighted by molar-refractivity contribution is -0.118. The highest BCUT2D eigenvalue weighted by atomic mass is 32.2. The highest BCUT2D eigenvalue weighted by molar-refractivity contribution is 8.00. The van der Waals surface area contributed by atoms with Crippen LogP contribution in [0.2, 0.25) is 0 Å². The molecule has 1 aliphatic rings. The van der Waals surface area contributed by atoms with Gasteiger partial charge in [0.2, 0.25) is 15.9 Å². The van der Waals surface area contributed by atoms with E-state index in [0.717, 1.165) is 12.8 Å². The van der Waals surface area contributed by atoms with Gasteiger partial charge in [0.05, 0.1) is 10.3 Å². The van der Waals surface area contributed by atoms with Gasteiger partial charge in [0, 0.05) is 36.5 Å². The third kappa shape index (κ3) is 5.72.